The van der Waals surface area contributed by atoms with Crippen molar-refractivity contribution in [3.63, 3.8) is 0 Å². The first-order chi connectivity index (χ1) is 9.33. The molecule has 0 bridgehead atoms. The minimum Gasteiger partial charge on any atom is -0.335 e. The van der Waals surface area contributed by atoms with Gasteiger partial charge >= 0.3 is 0 Å². The van der Waals surface area contributed by atoms with Gasteiger partial charge in [0.25, 0.3) is 0 Å². The molecule has 2 amide bonds. The first kappa shape index (κ1) is 17.5. The van der Waals surface area contributed by atoms with E-state index in [2.05, 4.69) is 5.32 Å². The van der Waals surface area contributed by atoms with E-state index in [-0.39, 0.29) is 30.8 Å². The molecule has 0 saturated heterocycles. The fraction of sp³-hybridized carbons (Fsp3) is 0.467. The fourth-order valence-electron chi connectivity index (χ4n) is 2.09. The summed E-state index contributed by atoms with van der Waals surface area (Å²) in [7, 11) is 1.61. The number of hydrogen-bond acceptors (Lipinski definition) is 3. The summed E-state index contributed by atoms with van der Waals surface area (Å²) >= 11 is 0. The fourth-order valence-corrected chi connectivity index (χ4v) is 2.09. The highest BCUT2D eigenvalue weighted by molar-refractivity contribution is 5.97. The van der Waals surface area contributed by atoms with Gasteiger partial charge < -0.3 is 16.0 Å². The van der Waals surface area contributed by atoms with Crippen LogP contribution < -0.4 is 11.1 Å². The van der Waals surface area contributed by atoms with E-state index in [9.17, 15) is 9.59 Å². The minimum absolute atomic E-state index is 0. The first-order valence-electron chi connectivity index (χ1n) is 6.74. The SMILES string of the molecule is Cc1cccc(NC(=O)CN(C)C(=O)C2(N)CC2)c1C.Cl. The van der Waals surface area contributed by atoms with Crippen molar-refractivity contribution in [2.45, 2.75) is 32.2 Å². The number of nitrogens with one attached hydrogen (secondary N) is 1. The molecule has 1 aliphatic rings. The monoisotopic (exact) mass is 311 g/mol. The lowest BCUT2D eigenvalue weighted by Crippen LogP contribution is -2.46. The van der Waals surface area contributed by atoms with Crippen LogP contribution in [0.25, 0.3) is 0 Å². The van der Waals surface area contributed by atoms with Gasteiger partial charge in [-0.15, -0.1) is 12.4 Å². The zero-order valence-corrected chi connectivity index (χ0v) is 13.4. The molecule has 21 heavy (non-hydrogen) atoms. The van der Waals surface area contributed by atoms with Gasteiger partial charge in [-0.2, -0.15) is 0 Å². The van der Waals surface area contributed by atoms with Crippen LogP contribution >= 0.6 is 12.4 Å². The summed E-state index contributed by atoms with van der Waals surface area (Å²) in [4.78, 5) is 25.3. The number of nitrogens with two attached hydrogens (primary N) is 1. The Labute approximate surface area is 131 Å². The van der Waals surface area contributed by atoms with Gasteiger partial charge in [-0.1, -0.05) is 12.1 Å². The van der Waals surface area contributed by atoms with E-state index in [1.165, 1.54) is 4.90 Å². The Bertz CT molecular complexity index is 556. The highest BCUT2D eigenvalue weighted by Gasteiger charge is 2.47. The largest absolute Gasteiger partial charge is 0.335 e. The Morgan fingerprint density at radius 3 is 2.52 bits per heavy atom. The number of nitrogens with zero attached hydrogens (tertiary/aromatic N) is 1. The lowest BCUT2D eigenvalue weighted by molar-refractivity contribution is -0.135. The summed E-state index contributed by atoms with van der Waals surface area (Å²) in [6.45, 7) is 3.97. The smallest absolute Gasteiger partial charge is 0.243 e. The number of benzene rings is 1. The van der Waals surface area contributed by atoms with E-state index in [0.29, 0.717) is 12.8 Å². The number of likely N-dealkylation sites (N-methyl/N-ethyl adjacent to an activating group) is 1. The number of carbonyl (C=O) groups is 2. The number of anilines is 1. The molecule has 1 aromatic rings. The van der Waals surface area contributed by atoms with Crippen LogP contribution in [-0.2, 0) is 9.59 Å². The third-order valence-electron chi connectivity index (χ3n) is 3.82. The lowest BCUT2D eigenvalue weighted by Gasteiger charge is -2.20. The zero-order valence-electron chi connectivity index (χ0n) is 12.6. The molecule has 0 aromatic heterocycles. The average Bonchev–Trinajstić information content (AvgIpc) is 3.13. The summed E-state index contributed by atoms with van der Waals surface area (Å²) in [5, 5.41) is 2.84. The van der Waals surface area contributed by atoms with Crippen LogP contribution in [0.2, 0.25) is 0 Å². The molecule has 0 atom stereocenters. The number of hydrogen-bond donors (Lipinski definition) is 2. The Balaban J connectivity index is 0.00000220. The lowest BCUT2D eigenvalue weighted by atomic mass is 10.1. The van der Waals surface area contributed by atoms with Crippen LogP contribution in [0.15, 0.2) is 18.2 Å². The van der Waals surface area contributed by atoms with E-state index in [1.54, 1.807) is 7.05 Å². The van der Waals surface area contributed by atoms with Gasteiger partial charge in [0.05, 0.1) is 12.1 Å². The molecule has 116 valence electrons. The summed E-state index contributed by atoms with van der Waals surface area (Å²) in [5.74, 6) is -0.368. The van der Waals surface area contributed by atoms with Crippen molar-refractivity contribution in [3.05, 3.63) is 29.3 Å². The van der Waals surface area contributed by atoms with Crippen LogP contribution in [0.4, 0.5) is 5.69 Å². The van der Waals surface area contributed by atoms with Crippen molar-refractivity contribution < 1.29 is 9.59 Å². The quantitative estimate of drug-likeness (QED) is 0.887. The van der Waals surface area contributed by atoms with E-state index in [4.69, 9.17) is 5.73 Å². The van der Waals surface area contributed by atoms with Crippen LogP contribution in [0.1, 0.15) is 24.0 Å². The molecule has 2 rings (SSSR count). The summed E-state index contributed by atoms with van der Waals surface area (Å²) in [6.07, 6.45) is 1.41. The Morgan fingerprint density at radius 1 is 1.33 bits per heavy atom. The highest BCUT2D eigenvalue weighted by Crippen LogP contribution is 2.33. The standard InChI is InChI=1S/C15H21N3O2.ClH/c1-10-5-4-6-12(11(10)2)17-13(19)9-18(3)14(20)15(16)7-8-15;/h4-6H,7-9,16H2,1-3H3,(H,17,19);1H. The molecule has 0 heterocycles. The normalized spacial score (nSPS) is 14.9. The molecule has 1 saturated carbocycles. The van der Waals surface area contributed by atoms with E-state index in [1.807, 2.05) is 32.0 Å². The minimum atomic E-state index is -0.728. The average molecular weight is 312 g/mol. The van der Waals surface area contributed by atoms with Crippen LogP contribution in [-0.4, -0.2) is 35.8 Å². The molecular weight excluding hydrogens is 290 g/mol. The molecule has 5 nitrogen and oxygen atoms in total. The van der Waals surface area contributed by atoms with Crippen LogP contribution in [0.5, 0.6) is 0 Å². The van der Waals surface area contributed by atoms with Crippen molar-refractivity contribution in [3.8, 4) is 0 Å². The van der Waals surface area contributed by atoms with E-state index >= 15 is 0 Å². The molecule has 0 aliphatic heterocycles. The van der Waals surface area contributed by atoms with Crippen molar-refractivity contribution in [1.82, 2.24) is 4.90 Å². The van der Waals surface area contributed by atoms with E-state index in [0.717, 1.165) is 16.8 Å². The topological polar surface area (TPSA) is 75.4 Å². The molecule has 1 aromatic carbocycles. The predicted molar refractivity (Wildman–Crippen MR) is 85.6 cm³/mol. The summed E-state index contributed by atoms with van der Waals surface area (Å²) < 4.78 is 0. The number of aryl methyl sites for hydroxylation is 1. The maximum absolute atomic E-state index is 12.0. The molecule has 0 radical (unpaired) electrons. The number of carbonyl (C=O) groups excluding carboxylic acids is 2. The number of amides is 2. The maximum atomic E-state index is 12.0. The van der Waals surface area contributed by atoms with Crippen molar-refractivity contribution in [2.75, 3.05) is 18.9 Å². The Kier molecular flexibility index (Phi) is 5.36. The Morgan fingerprint density at radius 2 is 1.95 bits per heavy atom. The van der Waals surface area contributed by atoms with Crippen LogP contribution in [0, 0.1) is 13.8 Å². The number of halogens is 1. The third-order valence-corrected chi connectivity index (χ3v) is 3.82. The van der Waals surface area contributed by atoms with Gasteiger partial charge in [0.1, 0.15) is 0 Å². The highest BCUT2D eigenvalue weighted by atomic mass is 35.5. The van der Waals surface area contributed by atoms with Crippen molar-refractivity contribution in [1.29, 1.82) is 0 Å². The van der Waals surface area contributed by atoms with Gasteiger partial charge in [0, 0.05) is 12.7 Å². The van der Waals surface area contributed by atoms with Crippen molar-refractivity contribution in [2.24, 2.45) is 5.73 Å². The molecule has 6 heteroatoms. The van der Waals surface area contributed by atoms with Gasteiger partial charge in [0.2, 0.25) is 11.8 Å². The second-order valence-electron chi connectivity index (χ2n) is 5.61. The maximum Gasteiger partial charge on any atom is 0.243 e. The second-order valence-corrected chi connectivity index (χ2v) is 5.61. The van der Waals surface area contributed by atoms with Gasteiger partial charge in [0.15, 0.2) is 0 Å². The first-order valence-corrected chi connectivity index (χ1v) is 6.74. The summed E-state index contributed by atoms with van der Waals surface area (Å²) in [6, 6.07) is 5.74. The number of rotatable bonds is 4. The van der Waals surface area contributed by atoms with Gasteiger partial charge in [-0.3, -0.25) is 9.59 Å². The third kappa shape index (κ3) is 3.95. The molecular formula is C15H22ClN3O2. The Hall–Kier alpha value is -1.59. The van der Waals surface area contributed by atoms with Gasteiger partial charge in [-0.05, 0) is 43.9 Å². The summed E-state index contributed by atoms with van der Waals surface area (Å²) in [5.41, 5.74) is 8.05. The second kappa shape index (κ2) is 6.45. The molecule has 1 aliphatic carbocycles. The van der Waals surface area contributed by atoms with Gasteiger partial charge in [-0.25, -0.2) is 0 Å². The molecule has 1 fully saturated rings. The molecule has 3 N–H and O–H groups in total. The van der Waals surface area contributed by atoms with Crippen LogP contribution in [0.3, 0.4) is 0 Å². The molecule has 0 unspecified atom stereocenters. The van der Waals surface area contributed by atoms with Crippen molar-refractivity contribution >= 4 is 29.9 Å². The zero-order chi connectivity index (χ0) is 14.9. The predicted octanol–water partition coefficient (Wildman–Crippen LogP) is 1.61. The molecule has 0 spiro atoms. The van der Waals surface area contributed by atoms with E-state index < -0.39 is 5.54 Å².